The molecule has 1 aliphatic heterocycles. The number of carbonyl (C=O) groups excluding carboxylic acids is 1. The number of benzene rings is 1. The second-order valence-corrected chi connectivity index (χ2v) is 4.51. The van der Waals surface area contributed by atoms with Gasteiger partial charge in [-0.05, 0) is 31.0 Å². The number of likely N-dealkylation sites (tertiary alicyclic amines) is 1. The zero-order valence-corrected chi connectivity index (χ0v) is 9.95. The number of nitrogens with zero attached hydrogens (tertiary/aromatic N) is 1. The Balaban J connectivity index is 2.21. The minimum atomic E-state index is -0.600. The summed E-state index contributed by atoms with van der Waals surface area (Å²) < 4.78 is 13.3. The Hall–Kier alpha value is -1.13. The van der Waals surface area contributed by atoms with Crippen molar-refractivity contribution in [3.05, 3.63) is 34.6 Å². The van der Waals surface area contributed by atoms with E-state index >= 15 is 0 Å². The molecule has 17 heavy (non-hydrogen) atoms. The van der Waals surface area contributed by atoms with E-state index in [9.17, 15) is 9.18 Å². The van der Waals surface area contributed by atoms with E-state index in [1.54, 1.807) is 4.90 Å². The Morgan fingerprint density at radius 3 is 3.00 bits per heavy atom. The Morgan fingerprint density at radius 2 is 2.35 bits per heavy atom. The van der Waals surface area contributed by atoms with Gasteiger partial charge in [-0.25, -0.2) is 4.39 Å². The smallest absolute Gasteiger partial charge is 0.254 e. The minimum Gasteiger partial charge on any atom is -0.394 e. The summed E-state index contributed by atoms with van der Waals surface area (Å²) in [5.41, 5.74) is 0.271. The molecule has 1 unspecified atom stereocenters. The summed E-state index contributed by atoms with van der Waals surface area (Å²) in [7, 11) is 0. The maximum absolute atomic E-state index is 13.3. The van der Waals surface area contributed by atoms with E-state index in [0.29, 0.717) is 6.54 Å². The summed E-state index contributed by atoms with van der Waals surface area (Å²) in [5, 5.41) is 9.14. The van der Waals surface area contributed by atoms with Crippen molar-refractivity contribution in [1.82, 2.24) is 4.90 Å². The van der Waals surface area contributed by atoms with Crippen LogP contribution in [0, 0.1) is 5.82 Å². The van der Waals surface area contributed by atoms with Crippen LogP contribution in [-0.4, -0.2) is 35.1 Å². The molecule has 2 rings (SSSR count). The third-order valence-corrected chi connectivity index (χ3v) is 3.32. The fourth-order valence-corrected chi connectivity index (χ4v) is 2.21. The van der Waals surface area contributed by atoms with Gasteiger partial charge in [-0.15, -0.1) is 0 Å². The van der Waals surface area contributed by atoms with Crippen molar-refractivity contribution in [3.8, 4) is 0 Å². The molecule has 1 saturated heterocycles. The van der Waals surface area contributed by atoms with Crippen molar-refractivity contribution in [2.45, 2.75) is 18.9 Å². The molecule has 0 bridgehead atoms. The van der Waals surface area contributed by atoms with Gasteiger partial charge in [-0.2, -0.15) is 0 Å². The van der Waals surface area contributed by atoms with Crippen LogP contribution in [0.3, 0.4) is 0 Å². The molecule has 0 radical (unpaired) electrons. The molecular weight excluding hydrogens is 245 g/mol. The third kappa shape index (κ3) is 2.42. The van der Waals surface area contributed by atoms with Crippen molar-refractivity contribution in [2.75, 3.05) is 13.2 Å². The van der Waals surface area contributed by atoms with Crippen molar-refractivity contribution >= 4 is 17.5 Å². The fraction of sp³-hybridized carbons (Fsp3) is 0.417. The van der Waals surface area contributed by atoms with Crippen LogP contribution in [0.2, 0.25) is 5.02 Å². The lowest BCUT2D eigenvalue weighted by Crippen LogP contribution is -2.37. The van der Waals surface area contributed by atoms with Gasteiger partial charge < -0.3 is 10.0 Å². The monoisotopic (exact) mass is 257 g/mol. The highest BCUT2D eigenvalue weighted by Crippen LogP contribution is 2.22. The van der Waals surface area contributed by atoms with Gasteiger partial charge >= 0.3 is 0 Å². The lowest BCUT2D eigenvalue weighted by Gasteiger charge is -2.23. The molecule has 0 aromatic heterocycles. The first-order chi connectivity index (χ1) is 8.13. The lowest BCUT2D eigenvalue weighted by atomic mass is 10.1. The van der Waals surface area contributed by atoms with Crippen molar-refractivity contribution in [3.63, 3.8) is 0 Å². The number of rotatable bonds is 2. The summed E-state index contributed by atoms with van der Waals surface area (Å²) in [6.45, 7) is 0.552. The van der Waals surface area contributed by atoms with Gasteiger partial charge in [-0.1, -0.05) is 11.6 Å². The van der Waals surface area contributed by atoms with Crippen LogP contribution in [0.25, 0.3) is 0 Å². The molecule has 1 aromatic carbocycles. The number of aliphatic hydroxyl groups excluding tert-OH is 1. The summed E-state index contributed by atoms with van der Waals surface area (Å²) >= 11 is 5.56. The molecular formula is C12H13ClFNO2. The Morgan fingerprint density at radius 1 is 1.59 bits per heavy atom. The quantitative estimate of drug-likeness (QED) is 0.881. The largest absolute Gasteiger partial charge is 0.394 e. The summed E-state index contributed by atoms with van der Waals surface area (Å²) in [6.07, 6.45) is 1.66. The summed E-state index contributed by atoms with van der Waals surface area (Å²) in [5.74, 6) is -0.852. The van der Waals surface area contributed by atoms with E-state index in [2.05, 4.69) is 0 Å². The predicted molar refractivity (Wildman–Crippen MR) is 62.6 cm³/mol. The highest BCUT2D eigenvalue weighted by molar-refractivity contribution is 6.30. The Kier molecular flexibility index (Phi) is 3.64. The molecule has 0 aliphatic carbocycles. The summed E-state index contributed by atoms with van der Waals surface area (Å²) in [6, 6.07) is 3.85. The van der Waals surface area contributed by atoms with E-state index in [0.717, 1.165) is 18.9 Å². The second kappa shape index (κ2) is 5.02. The Labute approximate surface area is 104 Å². The SMILES string of the molecule is O=C(c1ccc(Cl)c(F)c1)N1CCCC1CO. The van der Waals surface area contributed by atoms with Crippen molar-refractivity contribution < 1.29 is 14.3 Å². The molecule has 0 saturated carbocycles. The zero-order chi connectivity index (χ0) is 12.4. The number of halogens is 2. The van der Waals surface area contributed by atoms with Gasteiger partial charge in [0, 0.05) is 12.1 Å². The van der Waals surface area contributed by atoms with Gasteiger partial charge in [0.1, 0.15) is 5.82 Å². The van der Waals surface area contributed by atoms with Crippen LogP contribution in [0.1, 0.15) is 23.2 Å². The van der Waals surface area contributed by atoms with Crippen LogP contribution in [0.15, 0.2) is 18.2 Å². The molecule has 1 atom stereocenters. The minimum absolute atomic E-state index is 0.00156. The third-order valence-electron chi connectivity index (χ3n) is 3.02. The molecule has 92 valence electrons. The fourth-order valence-electron chi connectivity index (χ4n) is 2.09. The van der Waals surface area contributed by atoms with E-state index in [4.69, 9.17) is 16.7 Å². The summed E-state index contributed by atoms with van der Waals surface area (Å²) in [4.78, 5) is 13.7. The number of hydrogen-bond acceptors (Lipinski definition) is 2. The second-order valence-electron chi connectivity index (χ2n) is 4.11. The topological polar surface area (TPSA) is 40.5 Å². The number of carbonyl (C=O) groups is 1. The molecule has 1 N–H and O–H groups in total. The van der Waals surface area contributed by atoms with Gasteiger partial charge in [0.05, 0.1) is 17.7 Å². The lowest BCUT2D eigenvalue weighted by molar-refractivity contribution is 0.0677. The number of aliphatic hydroxyl groups is 1. The maximum atomic E-state index is 13.3. The highest BCUT2D eigenvalue weighted by Gasteiger charge is 2.28. The van der Waals surface area contributed by atoms with Crippen LogP contribution < -0.4 is 0 Å². The Bertz CT molecular complexity index is 439. The first-order valence-corrected chi connectivity index (χ1v) is 5.88. The van der Waals surface area contributed by atoms with Gasteiger partial charge in [0.15, 0.2) is 0 Å². The van der Waals surface area contributed by atoms with E-state index in [-0.39, 0.29) is 29.1 Å². The van der Waals surface area contributed by atoms with Crippen molar-refractivity contribution in [1.29, 1.82) is 0 Å². The molecule has 5 heteroatoms. The first kappa shape index (κ1) is 12.3. The highest BCUT2D eigenvalue weighted by atomic mass is 35.5. The first-order valence-electron chi connectivity index (χ1n) is 5.50. The zero-order valence-electron chi connectivity index (χ0n) is 9.20. The standard InChI is InChI=1S/C12H13ClFNO2/c13-10-4-3-8(6-11(10)14)12(17)15-5-1-2-9(15)7-16/h3-4,6,9,16H,1-2,5,7H2. The van der Waals surface area contributed by atoms with E-state index in [1.807, 2.05) is 0 Å². The van der Waals surface area contributed by atoms with Crippen LogP contribution in [0.5, 0.6) is 0 Å². The molecule has 1 aliphatic rings. The van der Waals surface area contributed by atoms with Gasteiger partial charge in [0.2, 0.25) is 0 Å². The van der Waals surface area contributed by atoms with Gasteiger partial charge in [-0.3, -0.25) is 4.79 Å². The molecule has 3 nitrogen and oxygen atoms in total. The number of amides is 1. The van der Waals surface area contributed by atoms with Crippen LogP contribution in [0.4, 0.5) is 4.39 Å². The molecule has 1 fully saturated rings. The molecule has 1 aromatic rings. The van der Waals surface area contributed by atoms with Crippen LogP contribution >= 0.6 is 11.6 Å². The molecule has 1 heterocycles. The average molecular weight is 258 g/mol. The van der Waals surface area contributed by atoms with Gasteiger partial charge in [0.25, 0.3) is 5.91 Å². The molecule has 0 spiro atoms. The number of hydrogen-bond donors (Lipinski definition) is 1. The molecule has 1 amide bonds. The normalized spacial score (nSPS) is 19.7. The van der Waals surface area contributed by atoms with Crippen LogP contribution in [-0.2, 0) is 0 Å². The van der Waals surface area contributed by atoms with Crippen molar-refractivity contribution in [2.24, 2.45) is 0 Å². The van der Waals surface area contributed by atoms with E-state index < -0.39 is 5.82 Å². The average Bonchev–Trinajstić information content (AvgIpc) is 2.80. The predicted octanol–water partition coefficient (Wildman–Crippen LogP) is 2.08. The van der Waals surface area contributed by atoms with E-state index in [1.165, 1.54) is 12.1 Å². The maximum Gasteiger partial charge on any atom is 0.254 e.